The van der Waals surface area contributed by atoms with E-state index >= 15 is 0 Å². The van der Waals surface area contributed by atoms with Gasteiger partial charge in [0.2, 0.25) is 0 Å². The number of rotatable bonds is 2. The molecule has 2 heterocycles. The van der Waals surface area contributed by atoms with Crippen molar-refractivity contribution < 1.29 is 5.11 Å². The molecule has 3 rings (SSSR count). The molecule has 2 aromatic rings. The SMILES string of the molecule is CCc1ccc2nc(N3CCCC(O)C3)sc2c1. The van der Waals surface area contributed by atoms with Gasteiger partial charge in [-0.3, -0.25) is 0 Å². The molecule has 18 heavy (non-hydrogen) atoms. The topological polar surface area (TPSA) is 36.4 Å². The fraction of sp³-hybridized carbons (Fsp3) is 0.500. The number of fused-ring (bicyclic) bond motifs is 1. The van der Waals surface area contributed by atoms with Crippen LogP contribution in [0.1, 0.15) is 25.3 Å². The molecule has 1 fully saturated rings. The molecule has 1 aromatic heterocycles. The van der Waals surface area contributed by atoms with E-state index in [2.05, 4.69) is 35.0 Å². The van der Waals surface area contributed by atoms with Gasteiger partial charge in [-0.1, -0.05) is 24.3 Å². The van der Waals surface area contributed by atoms with Gasteiger partial charge in [-0.2, -0.15) is 0 Å². The van der Waals surface area contributed by atoms with Gasteiger partial charge in [0.05, 0.1) is 16.3 Å². The highest BCUT2D eigenvalue weighted by Crippen LogP contribution is 2.31. The van der Waals surface area contributed by atoms with Gasteiger partial charge in [0.15, 0.2) is 5.13 Å². The van der Waals surface area contributed by atoms with Crippen molar-refractivity contribution >= 4 is 26.7 Å². The summed E-state index contributed by atoms with van der Waals surface area (Å²) >= 11 is 1.74. The first kappa shape index (κ1) is 11.9. The van der Waals surface area contributed by atoms with Crippen molar-refractivity contribution in [3.63, 3.8) is 0 Å². The molecule has 0 radical (unpaired) electrons. The van der Waals surface area contributed by atoms with E-state index in [1.54, 1.807) is 11.3 Å². The van der Waals surface area contributed by atoms with Crippen LogP contribution in [0.15, 0.2) is 18.2 Å². The summed E-state index contributed by atoms with van der Waals surface area (Å²) in [5.74, 6) is 0. The van der Waals surface area contributed by atoms with Gasteiger partial charge in [-0.05, 0) is 37.0 Å². The fourth-order valence-electron chi connectivity index (χ4n) is 2.44. The van der Waals surface area contributed by atoms with Gasteiger partial charge in [0.25, 0.3) is 0 Å². The number of hydrogen-bond acceptors (Lipinski definition) is 4. The number of nitrogens with zero attached hydrogens (tertiary/aromatic N) is 2. The van der Waals surface area contributed by atoms with Crippen molar-refractivity contribution in [2.24, 2.45) is 0 Å². The summed E-state index contributed by atoms with van der Waals surface area (Å²) < 4.78 is 1.25. The van der Waals surface area contributed by atoms with Crippen LogP contribution in [0.3, 0.4) is 0 Å². The van der Waals surface area contributed by atoms with Crippen molar-refractivity contribution in [3.05, 3.63) is 23.8 Å². The van der Waals surface area contributed by atoms with E-state index in [1.807, 2.05) is 0 Å². The lowest BCUT2D eigenvalue weighted by Crippen LogP contribution is -2.38. The van der Waals surface area contributed by atoms with E-state index in [0.29, 0.717) is 0 Å². The van der Waals surface area contributed by atoms with Crippen LogP contribution in [0.2, 0.25) is 0 Å². The van der Waals surface area contributed by atoms with Crippen molar-refractivity contribution in [2.75, 3.05) is 18.0 Å². The number of β-amino-alcohol motifs (C(OH)–C–C–N with tert-alkyl or cyclic N) is 1. The maximum atomic E-state index is 9.73. The molecule has 3 nitrogen and oxygen atoms in total. The average molecular weight is 262 g/mol. The number of thiazole rings is 1. The minimum atomic E-state index is -0.197. The number of anilines is 1. The molecular weight excluding hydrogens is 244 g/mol. The van der Waals surface area contributed by atoms with Gasteiger partial charge >= 0.3 is 0 Å². The molecule has 1 aliphatic heterocycles. The van der Waals surface area contributed by atoms with E-state index in [9.17, 15) is 5.11 Å². The largest absolute Gasteiger partial charge is 0.391 e. The molecule has 1 atom stereocenters. The Morgan fingerprint density at radius 3 is 3.17 bits per heavy atom. The van der Waals surface area contributed by atoms with Crippen molar-refractivity contribution in [1.82, 2.24) is 4.98 Å². The maximum Gasteiger partial charge on any atom is 0.186 e. The summed E-state index contributed by atoms with van der Waals surface area (Å²) in [6, 6.07) is 6.49. The van der Waals surface area contributed by atoms with E-state index in [4.69, 9.17) is 0 Å². The van der Waals surface area contributed by atoms with E-state index in [0.717, 1.165) is 43.0 Å². The van der Waals surface area contributed by atoms with Gasteiger partial charge in [-0.15, -0.1) is 0 Å². The second-order valence-corrected chi connectivity index (χ2v) is 5.90. The molecule has 1 aromatic carbocycles. The number of aromatic nitrogens is 1. The molecule has 4 heteroatoms. The lowest BCUT2D eigenvalue weighted by Gasteiger charge is -2.29. The van der Waals surface area contributed by atoms with Crippen molar-refractivity contribution in [3.8, 4) is 0 Å². The first-order chi connectivity index (χ1) is 8.76. The Morgan fingerprint density at radius 2 is 2.39 bits per heavy atom. The molecular formula is C14H18N2OS. The molecule has 1 aliphatic rings. The van der Waals surface area contributed by atoms with Gasteiger partial charge < -0.3 is 10.0 Å². The normalized spacial score (nSPS) is 20.6. The van der Waals surface area contributed by atoms with E-state index in [-0.39, 0.29) is 6.10 Å². The molecule has 1 unspecified atom stereocenters. The Bertz CT molecular complexity index is 552. The zero-order chi connectivity index (χ0) is 12.5. The van der Waals surface area contributed by atoms with Crippen molar-refractivity contribution in [2.45, 2.75) is 32.3 Å². The minimum Gasteiger partial charge on any atom is -0.391 e. The van der Waals surface area contributed by atoms with E-state index in [1.165, 1.54) is 10.3 Å². The molecule has 0 saturated carbocycles. The summed E-state index contributed by atoms with van der Waals surface area (Å²) in [7, 11) is 0. The summed E-state index contributed by atoms with van der Waals surface area (Å²) in [5, 5.41) is 10.8. The van der Waals surface area contributed by atoms with Gasteiger partial charge in [0.1, 0.15) is 0 Å². The second kappa shape index (κ2) is 4.86. The Labute approximate surface area is 111 Å². The minimum absolute atomic E-state index is 0.197. The van der Waals surface area contributed by atoms with Crippen LogP contribution in [-0.4, -0.2) is 29.3 Å². The Kier molecular flexibility index (Phi) is 3.22. The van der Waals surface area contributed by atoms with E-state index < -0.39 is 0 Å². The monoisotopic (exact) mass is 262 g/mol. The predicted molar refractivity (Wildman–Crippen MR) is 76.5 cm³/mol. The summed E-state index contributed by atoms with van der Waals surface area (Å²) in [4.78, 5) is 6.89. The predicted octanol–water partition coefficient (Wildman–Crippen LogP) is 2.82. The Balaban J connectivity index is 1.92. The van der Waals surface area contributed by atoms with Crippen molar-refractivity contribution in [1.29, 1.82) is 0 Å². The maximum absolute atomic E-state index is 9.73. The first-order valence-electron chi connectivity index (χ1n) is 6.58. The van der Waals surface area contributed by atoms with Crippen LogP contribution in [0.5, 0.6) is 0 Å². The molecule has 0 amide bonds. The standard InChI is InChI=1S/C14H18N2OS/c1-2-10-5-6-12-13(8-10)18-14(15-12)16-7-3-4-11(17)9-16/h5-6,8,11,17H,2-4,7,9H2,1H3. The van der Waals surface area contributed by atoms with Crippen LogP contribution in [0, 0.1) is 0 Å². The zero-order valence-corrected chi connectivity index (χ0v) is 11.4. The van der Waals surface area contributed by atoms with Crippen LogP contribution in [-0.2, 0) is 6.42 Å². The quantitative estimate of drug-likeness (QED) is 0.904. The third kappa shape index (κ3) is 2.22. The van der Waals surface area contributed by atoms with Crippen LogP contribution in [0.25, 0.3) is 10.2 Å². The third-order valence-electron chi connectivity index (χ3n) is 3.52. The second-order valence-electron chi connectivity index (χ2n) is 4.89. The number of benzene rings is 1. The number of hydrogen-bond donors (Lipinski definition) is 1. The molecule has 0 bridgehead atoms. The number of aryl methyl sites for hydroxylation is 1. The molecule has 1 N–H and O–H groups in total. The lowest BCUT2D eigenvalue weighted by molar-refractivity contribution is 0.154. The smallest absolute Gasteiger partial charge is 0.186 e. The van der Waals surface area contributed by atoms with Gasteiger partial charge in [0, 0.05) is 13.1 Å². The summed E-state index contributed by atoms with van der Waals surface area (Å²) in [6.07, 6.45) is 2.83. The number of aliphatic hydroxyl groups is 1. The molecule has 1 saturated heterocycles. The van der Waals surface area contributed by atoms with Crippen LogP contribution in [0.4, 0.5) is 5.13 Å². The highest BCUT2D eigenvalue weighted by atomic mass is 32.1. The lowest BCUT2D eigenvalue weighted by atomic mass is 10.1. The van der Waals surface area contributed by atoms with Gasteiger partial charge in [-0.25, -0.2) is 4.98 Å². The average Bonchev–Trinajstić information content (AvgIpc) is 2.81. The molecule has 96 valence electrons. The zero-order valence-electron chi connectivity index (χ0n) is 10.6. The highest BCUT2D eigenvalue weighted by Gasteiger charge is 2.20. The first-order valence-corrected chi connectivity index (χ1v) is 7.40. The Morgan fingerprint density at radius 1 is 1.50 bits per heavy atom. The third-order valence-corrected chi connectivity index (χ3v) is 4.60. The summed E-state index contributed by atoms with van der Waals surface area (Å²) in [6.45, 7) is 3.90. The van der Waals surface area contributed by atoms with Crippen LogP contribution < -0.4 is 4.90 Å². The summed E-state index contributed by atoms with van der Waals surface area (Å²) in [5.41, 5.74) is 2.43. The highest BCUT2D eigenvalue weighted by molar-refractivity contribution is 7.22. The Hall–Kier alpha value is -1.13. The molecule has 0 spiro atoms. The fourth-order valence-corrected chi connectivity index (χ4v) is 3.50. The number of piperidine rings is 1. The molecule has 0 aliphatic carbocycles. The van der Waals surface area contributed by atoms with Crippen LogP contribution >= 0.6 is 11.3 Å². The number of aliphatic hydroxyl groups excluding tert-OH is 1.